The highest BCUT2D eigenvalue weighted by molar-refractivity contribution is 6.32. The van der Waals surface area contributed by atoms with Gasteiger partial charge in [-0.1, -0.05) is 29.8 Å². The lowest BCUT2D eigenvalue weighted by molar-refractivity contribution is -0.136. The van der Waals surface area contributed by atoms with Gasteiger partial charge in [0.1, 0.15) is 5.82 Å². The van der Waals surface area contributed by atoms with E-state index in [4.69, 9.17) is 16.7 Å². The smallest absolute Gasteiger partial charge is 0.303 e. The highest BCUT2D eigenvalue weighted by Crippen LogP contribution is 2.18. The molecule has 0 heterocycles. The number of hydrogen-bond acceptors (Lipinski definition) is 1. The summed E-state index contributed by atoms with van der Waals surface area (Å²) in [4.78, 5) is 10.2. The number of allylic oxidation sites excluding steroid dienone is 1. The zero-order valence-corrected chi connectivity index (χ0v) is 8.67. The number of hydrogen-bond donors (Lipinski definition) is 1. The SMILES string of the molecule is O=C(O)CCC=Cc1ccc(F)cc1Cl. The molecule has 0 unspecified atom stereocenters. The van der Waals surface area contributed by atoms with Gasteiger partial charge >= 0.3 is 5.97 Å². The van der Waals surface area contributed by atoms with E-state index in [9.17, 15) is 9.18 Å². The van der Waals surface area contributed by atoms with E-state index in [-0.39, 0.29) is 12.2 Å². The van der Waals surface area contributed by atoms with Crippen molar-refractivity contribution in [1.29, 1.82) is 0 Å². The Hall–Kier alpha value is -1.35. The number of carboxylic acids is 1. The Morgan fingerprint density at radius 1 is 1.53 bits per heavy atom. The largest absolute Gasteiger partial charge is 0.481 e. The number of rotatable bonds is 4. The molecule has 1 aromatic carbocycles. The molecule has 1 aromatic rings. The zero-order valence-electron chi connectivity index (χ0n) is 7.91. The fourth-order valence-electron chi connectivity index (χ4n) is 1.05. The van der Waals surface area contributed by atoms with Crippen molar-refractivity contribution >= 4 is 23.6 Å². The fourth-order valence-corrected chi connectivity index (χ4v) is 1.28. The molecule has 0 aliphatic heterocycles. The van der Waals surface area contributed by atoms with Gasteiger partial charge in [-0.2, -0.15) is 0 Å². The molecule has 0 aromatic heterocycles. The molecule has 2 nitrogen and oxygen atoms in total. The summed E-state index contributed by atoms with van der Waals surface area (Å²) < 4.78 is 12.7. The summed E-state index contributed by atoms with van der Waals surface area (Å²) in [6, 6.07) is 4.08. The second kappa shape index (κ2) is 5.51. The van der Waals surface area contributed by atoms with Gasteiger partial charge in [0.2, 0.25) is 0 Å². The third-order valence-electron chi connectivity index (χ3n) is 1.78. The molecule has 0 amide bonds. The number of halogens is 2. The van der Waals surface area contributed by atoms with Gasteiger partial charge in [-0.3, -0.25) is 4.79 Å². The maximum absolute atomic E-state index is 12.7. The minimum atomic E-state index is -0.843. The van der Waals surface area contributed by atoms with Crippen molar-refractivity contribution in [1.82, 2.24) is 0 Å². The van der Waals surface area contributed by atoms with Crippen LogP contribution in [0.5, 0.6) is 0 Å². The predicted octanol–water partition coefficient (Wildman–Crippen LogP) is 3.36. The molecular formula is C11H10ClFO2. The molecule has 1 N–H and O–H groups in total. The van der Waals surface area contributed by atoms with Crippen LogP contribution in [0.4, 0.5) is 4.39 Å². The van der Waals surface area contributed by atoms with E-state index in [2.05, 4.69) is 0 Å². The average Bonchev–Trinajstić information content (AvgIpc) is 2.14. The van der Waals surface area contributed by atoms with E-state index >= 15 is 0 Å². The van der Waals surface area contributed by atoms with Crippen molar-refractivity contribution in [2.24, 2.45) is 0 Å². The normalized spacial score (nSPS) is 10.8. The van der Waals surface area contributed by atoms with Crippen molar-refractivity contribution < 1.29 is 14.3 Å². The Balaban J connectivity index is 2.60. The molecule has 0 spiro atoms. The highest BCUT2D eigenvalue weighted by atomic mass is 35.5. The monoisotopic (exact) mass is 228 g/mol. The lowest BCUT2D eigenvalue weighted by atomic mass is 10.2. The van der Waals surface area contributed by atoms with Crippen LogP contribution in [0.3, 0.4) is 0 Å². The van der Waals surface area contributed by atoms with Gasteiger partial charge in [0.25, 0.3) is 0 Å². The summed E-state index contributed by atoms with van der Waals surface area (Å²) in [5, 5.41) is 8.71. The number of benzene rings is 1. The van der Waals surface area contributed by atoms with Crippen LogP contribution < -0.4 is 0 Å². The molecule has 0 aliphatic carbocycles. The Morgan fingerprint density at radius 3 is 2.87 bits per heavy atom. The van der Waals surface area contributed by atoms with Crippen molar-refractivity contribution in [3.8, 4) is 0 Å². The molecule has 1 rings (SSSR count). The summed E-state index contributed by atoms with van der Waals surface area (Å²) in [5.41, 5.74) is 0.684. The van der Waals surface area contributed by atoms with Crippen LogP contribution in [0.2, 0.25) is 5.02 Å². The Bertz CT molecular complexity index is 388. The Labute approximate surface area is 92.0 Å². The second-order valence-corrected chi connectivity index (χ2v) is 3.41. The highest BCUT2D eigenvalue weighted by Gasteiger charge is 1.98. The van der Waals surface area contributed by atoms with E-state index in [0.717, 1.165) is 0 Å². The van der Waals surface area contributed by atoms with Crippen LogP contribution >= 0.6 is 11.6 Å². The van der Waals surface area contributed by atoms with Crippen LogP contribution in [0, 0.1) is 5.82 Å². The summed E-state index contributed by atoms with van der Waals surface area (Å²) in [7, 11) is 0. The quantitative estimate of drug-likeness (QED) is 0.858. The van der Waals surface area contributed by atoms with Gasteiger partial charge < -0.3 is 5.11 Å². The lowest BCUT2D eigenvalue weighted by Crippen LogP contribution is -1.91. The van der Waals surface area contributed by atoms with E-state index in [1.165, 1.54) is 12.1 Å². The van der Waals surface area contributed by atoms with Gasteiger partial charge in [-0.25, -0.2) is 4.39 Å². The van der Waals surface area contributed by atoms with E-state index < -0.39 is 5.97 Å². The van der Waals surface area contributed by atoms with Crippen molar-refractivity contribution in [2.45, 2.75) is 12.8 Å². The van der Waals surface area contributed by atoms with Crippen LogP contribution in [-0.2, 0) is 4.79 Å². The maximum atomic E-state index is 12.7. The summed E-state index contributed by atoms with van der Waals surface area (Å²) in [6.07, 6.45) is 3.90. The van der Waals surface area contributed by atoms with Crippen molar-refractivity contribution in [2.75, 3.05) is 0 Å². The Kier molecular flexibility index (Phi) is 4.31. The minimum absolute atomic E-state index is 0.0787. The Morgan fingerprint density at radius 2 is 2.27 bits per heavy atom. The molecule has 0 saturated heterocycles. The molecule has 4 heteroatoms. The summed E-state index contributed by atoms with van der Waals surface area (Å²) in [6.45, 7) is 0. The molecule has 0 bridgehead atoms. The topological polar surface area (TPSA) is 37.3 Å². The molecule has 15 heavy (non-hydrogen) atoms. The fraction of sp³-hybridized carbons (Fsp3) is 0.182. The first kappa shape index (κ1) is 11.7. The van der Waals surface area contributed by atoms with Gasteiger partial charge in [-0.05, 0) is 24.1 Å². The number of aliphatic carboxylic acids is 1. The lowest BCUT2D eigenvalue weighted by Gasteiger charge is -1.97. The van der Waals surface area contributed by atoms with Crippen molar-refractivity contribution in [3.05, 3.63) is 40.7 Å². The van der Waals surface area contributed by atoms with Gasteiger partial charge in [-0.15, -0.1) is 0 Å². The van der Waals surface area contributed by atoms with Crippen LogP contribution in [0.1, 0.15) is 18.4 Å². The molecule has 0 fully saturated rings. The molecule has 0 atom stereocenters. The van der Waals surface area contributed by atoms with E-state index in [1.54, 1.807) is 18.2 Å². The van der Waals surface area contributed by atoms with Crippen LogP contribution in [0.25, 0.3) is 6.08 Å². The van der Waals surface area contributed by atoms with Gasteiger partial charge in [0.05, 0.1) is 5.02 Å². The van der Waals surface area contributed by atoms with Gasteiger partial charge in [0, 0.05) is 6.42 Å². The van der Waals surface area contributed by atoms with E-state index in [0.29, 0.717) is 17.0 Å². The van der Waals surface area contributed by atoms with Crippen LogP contribution in [-0.4, -0.2) is 11.1 Å². The first-order valence-corrected chi connectivity index (χ1v) is 4.81. The van der Waals surface area contributed by atoms with E-state index in [1.807, 2.05) is 0 Å². The number of carbonyl (C=O) groups is 1. The molecule has 80 valence electrons. The molecule has 0 radical (unpaired) electrons. The second-order valence-electron chi connectivity index (χ2n) is 3.00. The summed E-state index contributed by atoms with van der Waals surface area (Å²) >= 11 is 5.76. The first-order valence-electron chi connectivity index (χ1n) is 4.43. The van der Waals surface area contributed by atoms with Crippen molar-refractivity contribution in [3.63, 3.8) is 0 Å². The first-order chi connectivity index (χ1) is 7.09. The third kappa shape index (κ3) is 4.13. The number of carboxylic acid groups (broad SMARTS) is 1. The summed E-state index contributed by atoms with van der Waals surface area (Å²) in [5.74, 6) is -1.23. The third-order valence-corrected chi connectivity index (χ3v) is 2.11. The maximum Gasteiger partial charge on any atom is 0.303 e. The average molecular weight is 229 g/mol. The standard InChI is InChI=1S/C11H10ClFO2/c12-10-7-9(13)6-5-8(10)3-1-2-4-11(14)15/h1,3,5-7H,2,4H2,(H,14,15). The zero-order chi connectivity index (χ0) is 11.3. The molecule has 0 aliphatic rings. The molecular weight excluding hydrogens is 219 g/mol. The predicted molar refractivity (Wildman–Crippen MR) is 57.3 cm³/mol. The molecule has 0 saturated carbocycles. The van der Waals surface area contributed by atoms with Gasteiger partial charge in [0.15, 0.2) is 0 Å². The minimum Gasteiger partial charge on any atom is -0.481 e. The van der Waals surface area contributed by atoms with Crippen LogP contribution in [0.15, 0.2) is 24.3 Å².